The highest BCUT2D eigenvalue weighted by molar-refractivity contribution is 7.13. The maximum Gasteiger partial charge on any atom is 0.109 e. The van der Waals surface area contributed by atoms with Crippen molar-refractivity contribution >= 4 is 11.3 Å². The minimum Gasteiger partial charge on any atom is -0.345 e. The van der Waals surface area contributed by atoms with Crippen LogP contribution in [0.3, 0.4) is 0 Å². The number of aromatic amines is 1. The summed E-state index contributed by atoms with van der Waals surface area (Å²) in [4.78, 5) is 9.25. The van der Waals surface area contributed by atoms with E-state index in [1.165, 1.54) is 4.88 Å². The van der Waals surface area contributed by atoms with Gasteiger partial charge in [-0.05, 0) is 31.3 Å². The highest BCUT2D eigenvalue weighted by atomic mass is 32.1. The van der Waals surface area contributed by atoms with E-state index in [0.717, 1.165) is 23.6 Å². The molecule has 16 heavy (non-hydrogen) atoms. The van der Waals surface area contributed by atoms with Crippen LogP contribution in [0.15, 0.2) is 17.5 Å². The second kappa shape index (κ2) is 4.80. The van der Waals surface area contributed by atoms with E-state index in [4.69, 9.17) is 5.73 Å². The Bertz CT molecular complexity index is 445. The number of imidazole rings is 1. The highest BCUT2D eigenvalue weighted by Crippen LogP contribution is 2.28. The van der Waals surface area contributed by atoms with Gasteiger partial charge in [-0.25, -0.2) is 4.98 Å². The average Bonchev–Trinajstić information content (AvgIpc) is 2.86. The summed E-state index contributed by atoms with van der Waals surface area (Å²) >= 11 is 1.72. The highest BCUT2D eigenvalue weighted by Gasteiger charge is 2.13. The second-order valence-electron chi connectivity index (χ2n) is 4.05. The second-order valence-corrected chi connectivity index (χ2v) is 5.00. The molecule has 3 nitrogen and oxygen atoms in total. The summed E-state index contributed by atoms with van der Waals surface area (Å²) in [6.07, 6.45) is 0.969. The fraction of sp³-hybridized carbons (Fsp3) is 0.417. The predicted octanol–water partition coefficient (Wildman–Crippen LogP) is 2.90. The minimum atomic E-state index is 0.400. The molecule has 2 heterocycles. The van der Waals surface area contributed by atoms with E-state index in [2.05, 4.69) is 41.3 Å². The molecule has 3 N–H and O–H groups in total. The van der Waals surface area contributed by atoms with Gasteiger partial charge in [-0.2, -0.15) is 0 Å². The fourth-order valence-corrected chi connectivity index (χ4v) is 2.53. The lowest BCUT2D eigenvalue weighted by Gasteiger charge is -2.04. The van der Waals surface area contributed by atoms with Gasteiger partial charge in [0.1, 0.15) is 11.5 Å². The van der Waals surface area contributed by atoms with E-state index < -0.39 is 0 Å². The van der Waals surface area contributed by atoms with Gasteiger partial charge in [0.25, 0.3) is 0 Å². The van der Waals surface area contributed by atoms with Crippen LogP contribution >= 0.6 is 11.3 Å². The molecule has 0 aromatic carbocycles. The summed E-state index contributed by atoms with van der Waals surface area (Å²) < 4.78 is 0. The molecule has 4 heteroatoms. The molecule has 0 fully saturated rings. The summed E-state index contributed by atoms with van der Waals surface area (Å²) in [5.74, 6) is 1.45. The van der Waals surface area contributed by atoms with Gasteiger partial charge < -0.3 is 10.7 Å². The van der Waals surface area contributed by atoms with Gasteiger partial charge >= 0.3 is 0 Å². The Labute approximate surface area is 99.7 Å². The van der Waals surface area contributed by atoms with E-state index in [9.17, 15) is 0 Å². The van der Waals surface area contributed by atoms with Crippen molar-refractivity contribution in [1.82, 2.24) is 9.97 Å². The van der Waals surface area contributed by atoms with Crippen molar-refractivity contribution in [2.75, 3.05) is 6.54 Å². The summed E-state index contributed by atoms with van der Waals surface area (Å²) in [6.45, 7) is 4.93. The van der Waals surface area contributed by atoms with Crippen LogP contribution in [0.5, 0.6) is 0 Å². The molecule has 86 valence electrons. The van der Waals surface area contributed by atoms with Gasteiger partial charge in [0.2, 0.25) is 0 Å². The molecule has 0 saturated carbocycles. The molecule has 1 atom stereocenters. The van der Waals surface area contributed by atoms with E-state index in [1.807, 2.05) is 0 Å². The lowest BCUT2D eigenvalue weighted by atomic mass is 10.1. The molecular weight excluding hydrogens is 218 g/mol. The maximum absolute atomic E-state index is 5.57. The van der Waals surface area contributed by atoms with E-state index in [-0.39, 0.29) is 0 Å². The topological polar surface area (TPSA) is 54.7 Å². The Balaban J connectivity index is 2.29. The summed E-state index contributed by atoms with van der Waals surface area (Å²) in [5, 5.41) is 2.08. The number of nitrogens with two attached hydrogens (primary N) is 1. The van der Waals surface area contributed by atoms with E-state index >= 15 is 0 Å². The number of nitrogens with one attached hydrogen (secondary N) is 1. The van der Waals surface area contributed by atoms with E-state index in [0.29, 0.717) is 12.5 Å². The quantitative estimate of drug-likeness (QED) is 0.856. The fourth-order valence-electron chi connectivity index (χ4n) is 1.76. The first-order valence-corrected chi connectivity index (χ1v) is 6.40. The smallest absolute Gasteiger partial charge is 0.109 e. The van der Waals surface area contributed by atoms with Crippen LogP contribution in [-0.2, 0) is 0 Å². The van der Waals surface area contributed by atoms with Crippen LogP contribution in [0.4, 0.5) is 0 Å². The first-order chi connectivity index (χ1) is 7.72. The molecule has 0 aliphatic heterocycles. The lowest BCUT2D eigenvalue weighted by molar-refractivity contribution is 0.654. The van der Waals surface area contributed by atoms with Gasteiger partial charge in [-0.15, -0.1) is 11.3 Å². The van der Waals surface area contributed by atoms with Crippen molar-refractivity contribution in [1.29, 1.82) is 0 Å². The molecule has 2 aromatic heterocycles. The van der Waals surface area contributed by atoms with Crippen LogP contribution < -0.4 is 5.73 Å². The van der Waals surface area contributed by atoms with Gasteiger partial charge in [-0.1, -0.05) is 13.0 Å². The number of H-pyrrole nitrogens is 1. The third-order valence-electron chi connectivity index (χ3n) is 2.72. The van der Waals surface area contributed by atoms with Gasteiger partial charge in [0, 0.05) is 11.6 Å². The Morgan fingerprint density at radius 2 is 2.38 bits per heavy atom. The Kier molecular flexibility index (Phi) is 3.41. The Morgan fingerprint density at radius 3 is 3.00 bits per heavy atom. The van der Waals surface area contributed by atoms with Crippen LogP contribution in [-0.4, -0.2) is 16.5 Å². The zero-order valence-electron chi connectivity index (χ0n) is 9.66. The molecule has 0 bridgehead atoms. The third kappa shape index (κ3) is 2.18. The molecule has 0 radical (unpaired) electrons. The Morgan fingerprint density at radius 1 is 1.56 bits per heavy atom. The zero-order valence-corrected chi connectivity index (χ0v) is 10.5. The van der Waals surface area contributed by atoms with Crippen molar-refractivity contribution < 1.29 is 0 Å². The molecule has 0 spiro atoms. The van der Waals surface area contributed by atoms with Crippen LogP contribution in [0, 0.1) is 6.92 Å². The minimum absolute atomic E-state index is 0.400. The maximum atomic E-state index is 5.57. The zero-order chi connectivity index (χ0) is 11.5. The van der Waals surface area contributed by atoms with Crippen LogP contribution in [0.2, 0.25) is 0 Å². The molecule has 0 aliphatic rings. The van der Waals surface area contributed by atoms with Gasteiger partial charge in [0.15, 0.2) is 0 Å². The van der Waals surface area contributed by atoms with Crippen LogP contribution in [0.25, 0.3) is 10.6 Å². The monoisotopic (exact) mass is 235 g/mol. The van der Waals surface area contributed by atoms with Gasteiger partial charge in [0.05, 0.1) is 4.88 Å². The summed E-state index contributed by atoms with van der Waals surface area (Å²) in [6, 6.07) is 4.16. The number of thiophene rings is 1. The van der Waals surface area contributed by atoms with Crippen molar-refractivity contribution in [3.63, 3.8) is 0 Å². The molecule has 1 unspecified atom stereocenters. The van der Waals surface area contributed by atoms with E-state index in [1.54, 1.807) is 11.3 Å². The molecule has 0 amide bonds. The molecule has 2 aromatic rings. The third-order valence-corrected chi connectivity index (χ3v) is 3.60. The van der Waals surface area contributed by atoms with Crippen molar-refractivity contribution in [3.05, 3.63) is 29.0 Å². The number of rotatable bonds is 4. The number of aryl methyl sites for hydroxylation is 1. The first-order valence-electron chi connectivity index (χ1n) is 5.52. The lowest BCUT2D eigenvalue weighted by Crippen LogP contribution is -2.05. The predicted molar refractivity (Wildman–Crippen MR) is 68.7 cm³/mol. The number of aromatic nitrogens is 2. The largest absolute Gasteiger partial charge is 0.345 e. The van der Waals surface area contributed by atoms with Crippen molar-refractivity contribution in [2.45, 2.75) is 26.2 Å². The first kappa shape index (κ1) is 11.4. The summed E-state index contributed by atoms with van der Waals surface area (Å²) in [5.41, 5.74) is 7.78. The average molecular weight is 235 g/mol. The normalized spacial score (nSPS) is 12.9. The number of hydrogen-bond donors (Lipinski definition) is 2. The molecule has 0 saturated heterocycles. The summed E-state index contributed by atoms with van der Waals surface area (Å²) in [7, 11) is 0. The van der Waals surface area contributed by atoms with Crippen LogP contribution in [0.1, 0.15) is 30.8 Å². The SMILES string of the molecule is Cc1[nH]c(C(C)CCN)nc1-c1cccs1. The standard InChI is InChI=1S/C12H17N3S/c1-8(5-6-13)12-14-9(2)11(15-12)10-4-3-7-16-10/h3-4,7-8H,5-6,13H2,1-2H3,(H,14,15). The number of nitrogens with zero attached hydrogens (tertiary/aromatic N) is 1. The van der Waals surface area contributed by atoms with Gasteiger partial charge in [-0.3, -0.25) is 0 Å². The molecular formula is C12H17N3S. The van der Waals surface area contributed by atoms with Crippen molar-refractivity contribution in [3.8, 4) is 10.6 Å². The Hall–Kier alpha value is -1.13. The number of hydrogen-bond acceptors (Lipinski definition) is 3. The van der Waals surface area contributed by atoms with Crippen molar-refractivity contribution in [2.24, 2.45) is 5.73 Å². The molecule has 0 aliphatic carbocycles. The molecule has 2 rings (SSSR count).